The van der Waals surface area contributed by atoms with E-state index in [-0.39, 0.29) is 18.2 Å². The Morgan fingerprint density at radius 2 is 2.05 bits per heavy atom. The maximum atomic E-state index is 11.9. The Hall–Kier alpha value is -1.40. The normalized spacial score (nSPS) is 22.4. The van der Waals surface area contributed by atoms with Crippen LogP contribution < -0.4 is 11.1 Å². The highest BCUT2D eigenvalue weighted by Crippen LogP contribution is 2.19. The van der Waals surface area contributed by atoms with E-state index in [1.165, 1.54) is 0 Å². The highest BCUT2D eigenvalue weighted by Gasteiger charge is 2.31. The van der Waals surface area contributed by atoms with Crippen LogP contribution in [0.5, 0.6) is 0 Å². The van der Waals surface area contributed by atoms with Crippen LogP contribution in [0.3, 0.4) is 0 Å². The average molecular weight is 296 g/mol. The van der Waals surface area contributed by atoms with E-state index in [2.05, 4.69) is 5.32 Å². The third-order valence-electron chi connectivity index (χ3n) is 3.60. The molecule has 1 fully saturated rings. The fourth-order valence-corrected chi connectivity index (χ4v) is 4.16. The van der Waals surface area contributed by atoms with Crippen molar-refractivity contribution in [2.24, 2.45) is 5.73 Å². The number of carbonyl (C=O) groups excluding carboxylic acids is 1. The molecular weight excluding hydrogens is 276 g/mol. The molecule has 1 amide bonds. The average Bonchev–Trinajstić information content (AvgIpc) is 2.76. The van der Waals surface area contributed by atoms with E-state index >= 15 is 0 Å². The van der Waals surface area contributed by atoms with Crippen LogP contribution in [-0.4, -0.2) is 37.9 Å². The van der Waals surface area contributed by atoms with Crippen molar-refractivity contribution in [2.45, 2.75) is 30.6 Å². The Kier molecular flexibility index (Phi) is 4.77. The van der Waals surface area contributed by atoms with E-state index in [1.54, 1.807) is 0 Å². The first-order valence-electron chi connectivity index (χ1n) is 6.78. The van der Waals surface area contributed by atoms with Crippen LogP contribution >= 0.6 is 0 Å². The molecule has 110 valence electrons. The van der Waals surface area contributed by atoms with Crippen LogP contribution in [0, 0.1) is 0 Å². The Labute approximate surface area is 119 Å². The number of carbonyl (C=O) groups is 1. The Morgan fingerprint density at radius 3 is 2.65 bits per heavy atom. The zero-order chi connectivity index (χ0) is 14.6. The summed E-state index contributed by atoms with van der Waals surface area (Å²) in [6.45, 7) is 0.170. The fraction of sp³-hybridized carbons (Fsp3) is 0.500. The quantitative estimate of drug-likeness (QED) is 0.815. The van der Waals surface area contributed by atoms with Crippen LogP contribution in [0.25, 0.3) is 0 Å². The summed E-state index contributed by atoms with van der Waals surface area (Å²) >= 11 is 0. The van der Waals surface area contributed by atoms with Crippen molar-refractivity contribution >= 4 is 15.7 Å². The zero-order valence-electron chi connectivity index (χ0n) is 11.3. The molecule has 1 heterocycles. The predicted octanol–water partition coefficient (Wildman–Crippen LogP) is 0.250. The molecule has 20 heavy (non-hydrogen) atoms. The number of sulfone groups is 1. The van der Waals surface area contributed by atoms with E-state index in [9.17, 15) is 13.2 Å². The van der Waals surface area contributed by atoms with Gasteiger partial charge in [-0.15, -0.1) is 0 Å². The Bertz CT molecular complexity index is 557. The molecule has 6 heteroatoms. The number of rotatable bonds is 5. The maximum absolute atomic E-state index is 11.9. The molecule has 1 aliphatic rings. The lowest BCUT2D eigenvalue weighted by molar-refractivity contribution is -0.122. The first-order chi connectivity index (χ1) is 9.49. The fourth-order valence-electron chi connectivity index (χ4n) is 2.39. The molecule has 1 aliphatic heterocycles. The SMILES string of the molecule is N[C@@H](Cc1ccccc1)C(=O)NCC1CCCS1(=O)=O. The van der Waals surface area contributed by atoms with Crippen molar-refractivity contribution in [2.75, 3.05) is 12.3 Å². The van der Waals surface area contributed by atoms with Crippen LogP contribution in [0.1, 0.15) is 18.4 Å². The van der Waals surface area contributed by atoms with Gasteiger partial charge in [0, 0.05) is 6.54 Å². The van der Waals surface area contributed by atoms with Gasteiger partial charge in [-0.3, -0.25) is 4.79 Å². The van der Waals surface area contributed by atoms with Crippen LogP contribution in [0.4, 0.5) is 0 Å². The van der Waals surface area contributed by atoms with Crippen molar-refractivity contribution in [3.8, 4) is 0 Å². The van der Waals surface area contributed by atoms with E-state index in [4.69, 9.17) is 5.73 Å². The summed E-state index contributed by atoms with van der Waals surface area (Å²) in [5.41, 5.74) is 6.83. The lowest BCUT2D eigenvalue weighted by Crippen LogP contribution is -2.45. The summed E-state index contributed by atoms with van der Waals surface area (Å²) in [5.74, 6) is -0.0696. The van der Waals surface area contributed by atoms with Crippen molar-refractivity contribution in [1.82, 2.24) is 5.32 Å². The van der Waals surface area contributed by atoms with E-state index in [0.29, 0.717) is 19.3 Å². The van der Waals surface area contributed by atoms with Crippen LogP contribution in [0.2, 0.25) is 0 Å². The van der Waals surface area contributed by atoms with E-state index in [0.717, 1.165) is 5.56 Å². The largest absolute Gasteiger partial charge is 0.353 e. The maximum Gasteiger partial charge on any atom is 0.237 e. The molecule has 1 saturated heterocycles. The minimum absolute atomic E-state index is 0.170. The smallest absolute Gasteiger partial charge is 0.237 e. The molecule has 0 aliphatic carbocycles. The number of hydrogen-bond acceptors (Lipinski definition) is 4. The monoisotopic (exact) mass is 296 g/mol. The molecule has 1 aromatic rings. The van der Waals surface area contributed by atoms with Crippen LogP contribution in [-0.2, 0) is 21.1 Å². The van der Waals surface area contributed by atoms with Gasteiger partial charge in [-0.05, 0) is 24.8 Å². The lowest BCUT2D eigenvalue weighted by Gasteiger charge is -2.15. The molecule has 1 unspecified atom stereocenters. The van der Waals surface area contributed by atoms with Crippen molar-refractivity contribution < 1.29 is 13.2 Å². The summed E-state index contributed by atoms with van der Waals surface area (Å²) in [7, 11) is -3.02. The molecule has 1 aromatic carbocycles. The Morgan fingerprint density at radius 1 is 1.35 bits per heavy atom. The zero-order valence-corrected chi connectivity index (χ0v) is 12.1. The number of amides is 1. The summed E-state index contributed by atoms with van der Waals surface area (Å²) in [5, 5.41) is 2.21. The first-order valence-corrected chi connectivity index (χ1v) is 8.49. The molecule has 2 rings (SSSR count). The molecule has 0 bridgehead atoms. The van der Waals surface area contributed by atoms with Gasteiger partial charge in [0.1, 0.15) is 0 Å². The standard InChI is InChI=1S/C14H20N2O3S/c15-13(9-11-5-2-1-3-6-11)14(17)16-10-12-7-4-8-20(12,18)19/h1-3,5-6,12-13H,4,7-10,15H2,(H,16,17)/t12?,13-/m0/s1. The van der Waals surface area contributed by atoms with Crippen molar-refractivity contribution in [3.05, 3.63) is 35.9 Å². The third kappa shape index (κ3) is 3.80. The second-order valence-corrected chi connectivity index (χ2v) is 7.57. The second kappa shape index (κ2) is 6.37. The number of hydrogen-bond donors (Lipinski definition) is 2. The highest BCUT2D eigenvalue weighted by atomic mass is 32.2. The molecular formula is C14H20N2O3S. The number of benzene rings is 1. The summed E-state index contributed by atoms with van der Waals surface area (Å²) in [6.07, 6.45) is 1.75. The molecule has 0 spiro atoms. The molecule has 0 radical (unpaired) electrons. The van der Waals surface area contributed by atoms with Crippen molar-refractivity contribution in [3.63, 3.8) is 0 Å². The van der Waals surface area contributed by atoms with Gasteiger partial charge in [0.2, 0.25) is 5.91 Å². The predicted molar refractivity (Wildman–Crippen MR) is 77.9 cm³/mol. The van der Waals surface area contributed by atoms with Gasteiger partial charge in [-0.1, -0.05) is 30.3 Å². The molecule has 5 nitrogen and oxygen atoms in total. The third-order valence-corrected chi connectivity index (χ3v) is 5.88. The van der Waals surface area contributed by atoms with Gasteiger partial charge in [0.15, 0.2) is 9.84 Å². The first kappa shape index (κ1) is 15.0. The second-order valence-electron chi connectivity index (χ2n) is 5.17. The molecule has 2 atom stereocenters. The van der Waals surface area contributed by atoms with E-state index < -0.39 is 21.1 Å². The van der Waals surface area contributed by atoms with Gasteiger partial charge in [-0.2, -0.15) is 0 Å². The van der Waals surface area contributed by atoms with Gasteiger partial charge < -0.3 is 11.1 Å². The minimum Gasteiger partial charge on any atom is -0.353 e. The highest BCUT2D eigenvalue weighted by molar-refractivity contribution is 7.92. The van der Waals surface area contributed by atoms with Gasteiger partial charge in [0.05, 0.1) is 17.0 Å². The van der Waals surface area contributed by atoms with Gasteiger partial charge in [-0.25, -0.2) is 8.42 Å². The minimum atomic E-state index is -3.02. The summed E-state index contributed by atoms with van der Waals surface area (Å²) in [6, 6.07) is 8.86. The van der Waals surface area contributed by atoms with Gasteiger partial charge >= 0.3 is 0 Å². The van der Waals surface area contributed by atoms with E-state index in [1.807, 2.05) is 30.3 Å². The summed E-state index contributed by atoms with van der Waals surface area (Å²) in [4.78, 5) is 11.9. The topological polar surface area (TPSA) is 89.3 Å². The summed E-state index contributed by atoms with van der Waals surface area (Å²) < 4.78 is 23.3. The Balaban J connectivity index is 1.83. The number of nitrogens with two attached hydrogens (primary N) is 1. The van der Waals surface area contributed by atoms with Crippen molar-refractivity contribution in [1.29, 1.82) is 0 Å². The van der Waals surface area contributed by atoms with Crippen LogP contribution in [0.15, 0.2) is 30.3 Å². The molecule has 3 N–H and O–H groups in total. The lowest BCUT2D eigenvalue weighted by atomic mass is 10.1. The number of nitrogens with one attached hydrogen (secondary N) is 1. The molecule has 0 aromatic heterocycles. The van der Waals surface area contributed by atoms with Gasteiger partial charge in [0.25, 0.3) is 0 Å². The molecule has 0 saturated carbocycles.